The Bertz CT molecular complexity index is 862. The van der Waals surface area contributed by atoms with Gasteiger partial charge in [0.1, 0.15) is 5.56 Å². The second kappa shape index (κ2) is 4.61. The second-order valence-electron chi connectivity index (χ2n) is 4.48. The summed E-state index contributed by atoms with van der Waals surface area (Å²) in [4.78, 5) is 26.5. The summed E-state index contributed by atoms with van der Waals surface area (Å²) in [6, 6.07) is 11.3. The molecule has 3 rings (SSSR count). The zero-order chi connectivity index (χ0) is 14.3. The molecule has 0 saturated carbocycles. The van der Waals surface area contributed by atoms with Crippen LogP contribution in [-0.2, 0) is 0 Å². The molecule has 20 heavy (non-hydrogen) atoms. The van der Waals surface area contributed by atoms with Crippen molar-refractivity contribution in [3.63, 3.8) is 0 Å². The van der Waals surface area contributed by atoms with Gasteiger partial charge in [-0.15, -0.1) is 11.3 Å². The molecule has 0 aliphatic rings. The van der Waals surface area contributed by atoms with Crippen LogP contribution in [0, 0.1) is 6.92 Å². The van der Waals surface area contributed by atoms with Gasteiger partial charge in [0.25, 0.3) is 5.56 Å². The first kappa shape index (κ1) is 12.6. The van der Waals surface area contributed by atoms with Gasteiger partial charge < -0.3 is 10.1 Å². The molecule has 0 spiro atoms. The Kier molecular flexibility index (Phi) is 2.91. The van der Waals surface area contributed by atoms with E-state index in [1.54, 1.807) is 0 Å². The molecule has 0 radical (unpaired) electrons. The third-order valence-electron chi connectivity index (χ3n) is 3.20. The summed E-state index contributed by atoms with van der Waals surface area (Å²) in [5.41, 5.74) is 1.95. The Morgan fingerprint density at radius 3 is 2.60 bits per heavy atom. The summed E-state index contributed by atoms with van der Waals surface area (Å²) < 4.78 is 0.776. The lowest BCUT2D eigenvalue weighted by Gasteiger charge is -1.98. The fourth-order valence-electron chi connectivity index (χ4n) is 2.19. The maximum Gasteiger partial charge on any atom is 0.341 e. The molecule has 0 aliphatic carbocycles. The molecule has 2 heterocycles. The number of thiophene rings is 1. The molecule has 0 bridgehead atoms. The SMILES string of the molecule is Cc1c(-c2ccccc2)sc2cc(C(=O)O)c(=O)[nH]c12. The highest BCUT2D eigenvalue weighted by Crippen LogP contribution is 2.36. The lowest BCUT2D eigenvalue weighted by molar-refractivity contribution is 0.0695. The third kappa shape index (κ3) is 1.92. The number of fused-ring (bicyclic) bond motifs is 1. The molecule has 0 unspecified atom stereocenters. The molecule has 100 valence electrons. The quantitative estimate of drug-likeness (QED) is 0.759. The molecular weight excluding hydrogens is 274 g/mol. The highest BCUT2D eigenvalue weighted by atomic mass is 32.1. The number of aromatic nitrogens is 1. The van der Waals surface area contributed by atoms with Crippen molar-refractivity contribution in [2.75, 3.05) is 0 Å². The van der Waals surface area contributed by atoms with Gasteiger partial charge in [0.2, 0.25) is 0 Å². The first-order valence-electron chi connectivity index (χ1n) is 6.03. The summed E-state index contributed by atoms with van der Waals surface area (Å²) >= 11 is 1.48. The molecule has 0 saturated heterocycles. The number of rotatable bonds is 2. The number of carbonyl (C=O) groups is 1. The molecule has 1 aromatic carbocycles. The number of carboxylic acids is 1. The number of aryl methyl sites for hydroxylation is 1. The monoisotopic (exact) mass is 285 g/mol. The third-order valence-corrected chi connectivity index (χ3v) is 4.49. The van der Waals surface area contributed by atoms with Crippen LogP contribution < -0.4 is 5.56 Å². The topological polar surface area (TPSA) is 70.2 Å². The second-order valence-corrected chi connectivity index (χ2v) is 5.53. The summed E-state index contributed by atoms with van der Waals surface area (Å²) in [6.07, 6.45) is 0. The lowest BCUT2D eigenvalue weighted by atomic mass is 10.1. The Hall–Kier alpha value is -2.40. The van der Waals surface area contributed by atoms with Crippen LogP contribution in [0.3, 0.4) is 0 Å². The van der Waals surface area contributed by atoms with Crippen molar-refractivity contribution in [2.24, 2.45) is 0 Å². The van der Waals surface area contributed by atoms with Crippen LogP contribution in [0.15, 0.2) is 41.2 Å². The van der Waals surface area contributed by atoms with Crippen molar-refractivity contribution in [1.29, 1.82) is 0 Å². The van der Waals surface area contributed by atoms with Gasteiger partial charge in [-0.3, -0.25) is 4.79 Å². The number of nitrogens with one attached hydrogen (secondary N) is 1. The smallest absolute Gasteiger partial charge is 0.341 e. The van der Waals surface area contributed by atoms with Crippen molar-refractivity contribution in [2.45, 2.75) is 6.92 Å². The van der Waals surface area contributed by atoms with Crippen molar-refractivity contribution in [1.82, 2.24) is 4.98 Å². The van der Waals surface area contributed by atoms with Gasteiger partial charge in [0.05, 0.1) is 10.2 Å². The van der Waals surface area contributed by atoms with E-state index < -0.39 is 11.5 Å². The van der Waals surface area contributed by atoms with Gasteiger partial charge in [-0.25, -0.2) is 4.79 Å². The fraction of sp³-hybridized carbons (Fsp3) is 0.0667. The van der Waals surface area contributed by atoms with Crippen molar-refractivity contribution >= 4 is 27.5 Å². The standard InChI is InChI=1S/C15H11NO3S/c1-8-12-11(7-10(15(18)19)14(17)16-12)20-13(8)9-5-3-2-4-6-9/h2-7H,1H3,(H,16,17)(H,18,19). The lowest BCUT2D eigenvalue weighted by Crippen LogP contribution is -2.16. The Balaban J connectivity index is 2.30. The minimum Gasteiger partial charge on any atom is -0.477 e. The minimum atomic E-state index is -1.21. The van der Waals surface area contributed by atoms with E-state index in [-0.39, 0.29) is 5.56 Å². The number of hydrogen-bond donors (Lipinski definition) is 2. The molecule has 0 aliphatic heterocycles. The number of benzene rings is 1. The number of carboxylic acid groups (broad SMARTS) is 1. The van der Waals surface area contributed by atoms with E-state index in [1.807, 2.05) is 37.3 Å². The summed E-state index contributed by atoms with van der Waals surface area (Å²) in [6.45, 7) is 1.93. The molecular formula is C15H11NO3S. The van der Waals surface area contributed by atoms with Gasteiger partial charge in [-0.1, -0.05) is 30.3 Å². The van der Waals surface area contributed by atoms with E-state index in [2.05, 4.69) is 4.98 Å². The van der Waals surface area contributed by atoms with E-state index >= 15 is 0 Å². The largest absolute Gasteiger partial charge is 0.477 e. The Morgan fingerprint density at radius 1 is 1.25 bits per heavy atom. The zero-order valence-electron chi connectivity index (χ0n) is 10.6. The van der Waals surface area contributed by atoms with Crippen molar-refractivity contribution in [3.8, 4) is 10.4 Å². The highest BCUT2D eigenvalue weighted by molar-refractivity contribution is 7.22. The molecule has 5 heteroatoms. The number of pyridine rings is 1. The highest BCUT2D eigenvalue weighted by Gasteiger charge is 2.15. The average molecular weight is 285 g/mol. The molecule has 2 N–H and O–H groups in total. The van der Waals surface area contributed by atoms with Crippen LogP contribution >= 0.6 is 11.3 Å². The fourth-order valence-corrected chi connectivity index (χ4v) is 3.41. The summed E-state index contributed by atoms with van der Waals surface area (Å²) in [5.74, 6) is -1.21. The minimum absolute atomic E-state index is 0.224. The van der Waals surface area contributed by atoms with E-state index in [0.29, 0.717) is 5.52 Å². The Morgan fingerprint density at radius 2 is 1.95 bits per heavy atom. The van der Waals surface area contributed by atoms with Crippen LogP contribution in [-0.4, -0.2) is 16.1 Å². The maximum absolute atomic E-state index is 11.7. The van der Waals surface area contributed by atoms with E-state index in [9.17, 15) is 9.59 Å². The van der Waals surface area contributed by atoms with E-state index in [1.165, 1.54) is 17.4 Å². The van der Waals surface area contributed by atoms with Crippen molar-refractivity contribution in [3.05, 3.63) is 57.9 Å². The predicted molar refractivity (Wildman–Crippen MR) is 79.6 cm³/mol. The first-order valence-corrected chi connectivity index (χ1v) is 6.84. The maximum atomic E-state index is 11.7. The predicted octanol–water partition coefficient (Wildman–Crippen LogP) is 3.26. The van der Waals surface area contributed by atoms with E-state index in [0.717, 1.165) is 20.7 Å². The van der Waals surface area contributed by atoms with Crippen molar-refractivity contribution < 1.29 is 9.90 Å². The average Bonchev–Trinajstić information content (AvgIpc) is 2.76. The van der Waals surface area contributed by atoms with Gasteiger partial charge in [-0.05, 0) is 24.1 Å². The first-order chi connectivity index (χ1) is 9.58. The van der Waals surface area contributed by atoms with Gasteiger partial charge >= 0.3 is 5.97 Å². The normalized spacial score (nSPS) is 10.8. The summed E-state index contributed by atoms with van der Waals surface area (Å²) in [7, 11) is 0. The van der Waals surface area contributed by atoms with Crippen LogP contribution in [0.1, 0.15) is 15.9 Å². The number of aromatic amines is 1. The van der Waals surface area contributed by atoms with E-state index in [4.69, 9.17) is 5.11 Å². The molecule has 0 amide bonds. The van der Waals surface area contributed by atoms with Gasteiger partial charge in [0, 0.05) is 4.88 Å². The molecule has 0 atom stereocenters. The number of aromatic carboxylic acids is 1. The van der Waals surface area contributed by atoms with Crippen LogP contribution in [0.4, 0.5) is 0 Å². The summed E-state index contributed by atoms with van der Waals surface area (Å²) in [5, 5.41) is 9.00. The zero-order valence-corrected chi connectivity index (χ0v) is 11.5. The molecule has 0 fully saturated rings. The van der Waals surface area contributed by atoms with Crippen LogP contribution in [0.25, 0.3) is 20.7 Å². The number of H-pyrrole nitrogens is 1. The number of hydrogen-bond acceptors (Lipinski definition) is 3. The van der Waals surface area contributed by atoms with Gasteiger partial charge in [-0.2, -0.15) is 0 Å². The molecule has 3 aromatic rings. The molecule has 2 aromatic heterocycles. The van der Waals surface area contributed by atoms with Crippen LogP contribution in [0.5, 0.6) is 0 Å². The van der Waals surface area contributed by atoms with Crippen LogP contribution in [0.2, 0.25) is 0 Å². The van der Waals surface area contributed by atoms with Gasteiger partial charge in [0.15, 0.2) is 0 Å². The molecule has 4 nitrogen and oxygen atoms in total. The Labute approximate surface area is 118 Å².